The Morgan fingerprint density at radius 1 is 1.11 bits per heavy atom. The van der Waals surface area contributed by atoms with Gasteiger partial charge >= 0.3 is 0 Å². The third-order valence-corrected chi connectivity index (χ3v) is 4.85. The summed E-state index contributed by atoms with van der Waals surface area (Å²) in [7, 11) is 0. The molecule has 1 N–H and O–H groups in total. The van der Waals surface area contributed by atoms with Crippen molar-refractivity contribution in [2.75, 3.05) is 29.9 Å². The van der Waals surface area contributed by atoms with Gasteiger partial charge in [-0.15, -0.1) is 0 Å². The van der Waals surface area contributed by atoms with E-state index in [0.29, 0.717) is 12.2 Å². The van der Waals surface area contributed by atoms with Gasteiger partial charge in [0.15, 0.2) is 0 Å². The van der Waals surface area contributed by atoms with Crippen molar-refractivity contribution in [2.24, 2.45) is 5.92 Å². The van der Waals surface area contributed by atoms with E-state index in [1.54, 1.807) is 0 Å². The molecule has 1 aliphatic rings. The first-order valence-corrected chi connectivity index (χ1v) is 9.53. The maximum absolute atomic E-state index is 12.6. The van der Waals surface area contributed by atoms with E-state index >= 15 is 0 Å². The predicted molar refractivity (Wildman–Crippen MR) is 108 cm³/mol. The summed E-state index contributed by atoms with van der Waals surface area (Å²) in [6.45, 7) is 4.44. The van der Waals surface area contributed by atoms with Crippen LogP contribution in [0, 0.1) is 5.92 Å². The lowest BCUT2D eigenvalue weighted by molar-refractivity contribution is -0.120. The van der Waals surface area contributed by atoms with Gasteiger partial charge in [0.1, 0.15) is 12.0 Å². The van der Waals surface area contributed by atoms with Gasteiger partial charge in [-0.05, 0) is 67.8 Å². The summed E-state index contributed by atoms with van der Waals surface area (Å²) in [4.78, 5) is 25.6. The van der Waals surface area contributed by atoms with Gasteiger partial charge < -0.3 is 15.0 Å². The maximum Gasteiger partial charge on any atom is 0.227 e. The lowest BCUT2D eigenvalue weighted by atomic mass is 9.95. The van der Waals surface area contributed by atoms with Crippen molar-refractivity contribution in [2.45, 2.75) is 26.2 Å². The van der Waals surface area contributed by atoms with E-state index in [1.807, 2.05) is 48.5 Å². The number of carbonyl (C=O) groups excluding carboxylic acids is 2. The molecule has 0 radical (unpaired) electrons. The standard InChI is InChI=1S/C22H26N2O3/c1-2-15-27-21-9-5-19(6-10-21)23-22(26)18-11-13-24(14-12-18)20-7-3-17(16-25)4-8-20/h3-10,16,18H,2,11-15H2,1H3,(H,23,26). The molecule has 1 heterocycles. The number of nitrogens with zero attached hydrogens (tertiary/aromatic N) is 1. The Labute approximate surface area is 160 Å². The quantitative estimate of drug-likeness (QED) is 0.748. The number of aldehydes is 1. The van der Waals surface area contributed by atoms with Crippen LogP contribution in [0.25, 0.3) is 0 Å². The van der Waals surface area contributed by atoms with Gasteiger partial charge in [-0.1, -0.05) is 6.92 Å². The zero-order valence-electron chi connectivity index (χ0n) is 15.7. The molecule has 2 aromatic rings. The molecule has 1 aliphatic heterocycles. The molecular formula is C22H26N2O3. The Morgan fingerprint density at radius 3 is 2.37 bits per heavy atom. The lowest BCUT2D eigenvalue weighted by Gasteiger charge is -2.33. The van der Waals surface area contributed by atoms with Crippen molar-refractivity contribution >= 4 is 23.6 Å². The SMILES string of the molecule is CCCOc1ccc(NC(=O)C2CCN(c3ccc(C=O)cc3)CC2)cc1. The van der Waals surface area contributed by atoms with E-state index in [2.05, 4.69) is 17.1 Å². The second-order valence-electron chi connectivity index (χ2n) is 6.83. The van der Waals surface area contributed by atoms with Gasteiger partial charge in [-0.25, -0.2) is 0 Å². The summed E-state index contributed by atoms with van der Waals surface area (Å²) >= 11 is 0. The van der Waals surface area contributed by atoms with E-state index in [-0.39, 0.29) is 11.8 Å². The van der Waals surface area contributed by atoms with Crippen LogP contribution in [0.15, 0.2) is 48.5 Å². The summed E-state index contributed by atoms with van der Waals surface area (Å²) in [6, 6.07) is 15.1. The molecular weight excluding hydrogens is 340 g/mol. The van der Waals surface area contributed by atoms with Crippen LogP contribution in [0.3, 0.4) is 0 Å². The highest BCUT2D eigenvalue weighted by Gasteiger charge is 2.25. The second-order valence-corrected chi connectivity index (χ2v) is 6.83. The monoisotopic (exact) mass is 366 g/mol. The third-order valence-electron chi connectivity index (χ3n) is 4.85. The van der Waals surface area contributed by atoms with Crippen LogP contribution in [0.4, 0.5) is 11.4 Å². The molecule has 0 aromatic heterocycles. The van der Waals surface area contributed by atoms with Gasteiger partial charge in [0.2, 0.25) is 5.91 Å². The van der Waals surface area contributed by atoms with Gasteiger partial charge in [0, 0.05) is 35.9 Å². The predicted octanol–water partition coefficient (Wildman–Crippen LogP) is 4.14. The molecule has 0 atom stereocenters. The number of rotatable bonds is 7. The number of benzene rings is 2. The van der Waals surface area contributed by atoms with E-state index < -0.39 is 0 Å². The van der Waals surface area contributed by atoms with Crippen LogP contribution in [0.5, 0.6) is 5.75 Å². The molecule has 5 heteroatoms. The molecule has 0 bridgehead atoms. The number of amides is 1. The summed E-state index contributed by atoms with van der Waals surface area (Å²) in [5.74, 6) is 0.920. The summed E-state index contributed by atoms with van der Waals surface area (Å²) in [5.41, 5.74) is 2.58. The lowest BCUT2D eigenvalue weighted by Crippen LogP contribution is -2.38. The minimum Gasteiger partial charge on any atom is -0.494 e. The van der Waals surface area contributed by atoms with E-state index in [0.717, 1.165) is 55.8 Å². The number of anilines is 2. The Hall–Kier alpha value is -2.82. The zero-order valence-corrected chi connectivity index (χ0v) is 15.7. The van der Waals surface area contributed by atoms with Crippen LogP contribution < -0.4 is 15.0 Å². The van der Waals surface area contributed by atoms with Crippen LogP contribution in [0.2, 0.25) is 0 Å². The molecule has 0 spiro atoms. The number of carbonyl (C=O) groups is 2. The Morgan fingerprint density at radius 2 is 1.78 bits per heavy atom. The van der Waals surface area contributed by atoms with Crippen LogP contribution in [-0.4, -0.2) is 31.9 Å². The molecule has 3 rings (SSSR count). The molecule has 0 unspecified atom stereocenters. The molecule has 27 heavy (non-hydrogen) atoms. The molecule has 0 aliphatic carbocycles. The first-order chi connectivity index (χ1) is 13.2. The van der Waals surface area contributed by atoms with Crippen molar-refractivity contribution in [1.29, 1.82) is 0 Å². The zero-order chi connectivity index (χ0) is 19.1. The number of hydrogen-bond donors (Lipinski definition) is 1. The minimum atomic E-state index is 0.0199. The number of nitrogens with one attached hydrogen (secondary N) is 1. The molecule has 5 nitrogen and oxygen atoms in total. The highest BCUT2D eigenvalue weighted by molar-refractivity contribution is 5.92. The largest absolute Gasteiger partial charge is 0.494 e. The van der Waals surface area contributed by atoms with E-state index in [4.69, 9.17) is 4.74 Å². The first kappa shape index (κ1) is 19.0. The maximum atomic E-state index is 12.6. The van der Waals surface area contributed by atoms with Gasteiger partial charge in [0.25, 0.3) is 0 Å². The molecule has 142 valence electrons. The van der Waals surface area contributed by atoms with Crippen LogP contribution in [0.1, 0.15) is 36.5 Å². The summed E-state index contributed by atoms with van der Waals surface area (Å²) < 4.78 is 5.56. The molecule has 0 saturated carbocycles. The average molecular weight is 366 g/mol. The minimum absolute atomic E-state index is 0.0199. The Bertz CT molecular complexity index is 748. The van der Waals surface area contributed by atoms with E-state index in [9.17, 15) is 9.59 Å². The van der Waals surface area contributed by atoms with E-state index in [1.165, 1.54) is 0 Å². The Kier molecular flexibility index (Phi) is 6.47. The normalized spacial score (nSPS) is 14.6. The molecule has 1 amide bonds. The van der Waals surface area contributed by atoms with Crippen molar-refractivity contribution < 1.29 is 14.3 Å². The summed E-state index contributed by atoms with van der Waals surface area (Å²) in [6.07, 6.45) is 3.46. The Balaban J connectivity index is 1.49. The topological polar surface area (TPSA) is 58.6 Å². The number of ether oxygens (including phenoxy) is 1. The van der Waals surface area contributed by atoms with Crippen molar-refractivity contribution in [3.63, 3.8) is 0 Å². The second kappa shape index (κ2) is 9.21. The fourth-order valence-electron chi connectivity index (χ4n) is 3.26. The smallest absolute Gasteiger partial charge is 0.227 e. The first-order valence-electron chi connectivity index (χ1n) is 9.53. The van der Waals surface area contributed by atoms with Crippen molar-refractivity contribution in [1.82, 2.24) is 0 Å². The van der Waals surface area contributed by atoms with Gasteiger partial charge in [0.05, 0.1) is 6.61 Å². The number of piperidine rings is 1. The molecule has 2 aromatic carbocycles. The highest BCUT2D eigenvalue weighted by Crippen LogP contribution is 2.25. The number of hydrogen-bond acceptors (Lipinski definition) is 4. The molecule has 1 fully saturated rings. The molecule has 1 saturated heterocycles. The van der Waals surface area contributed by atoms with Crippen LogP contribution >= 0.6 is 0 Å². The van der Waals surface area contributed by atoms with Crippen LogP contribution in [-0.2, 0) is 4.79 Å². The fraction of sp³-hybridized carbons (Fsp3) is 0.364. The summed E-state index contributed by atoms with van der Waals surface area (Å²) in [5, 5.41) is 3.01. The van der Waals surface area contributed by atoms with Gasteiger partial charge in [-0.2, -0.15) is 0 Å². The average Bonchev–Trinajstić information content (AvgIpc) is 2.73. The third kappa shape index (κ3) is 5.09. The van der Waals surface area contributed by atoms with Gasteiger partial charge in [-0.3, -0.25) is 9.59 Å². The highest BCUT2D eigenvalue weighted by atomic mass is 16.5. The van der Waals surface area contributed by atoms with Crippen molar-refractivity contribution in [3.8, 4) is 5.75 Å². The van der Waals surface area contributed by atoms with Crippen molar-refractivity contribution in [3.05, 3.63) is 54.1 Å². The fourth-order valence-corrected chi connectivity index (χ4v) is 3.26.